The third-order valence-corrected chi connectivity index (χ3v) is 2.80. The Morgan fingerprint density at radius 2 is 1.79 bits per heavy atom. The summed E-state index contributed by atoms with van der Waals surface area (Å²) in [6.45, 7) is 2.18. The van der Waals surface area contributed by atoms with E-state index in [9.17, 15) is 13.2 Å². The molecule has 0 aliphatic rings. The van der Waals surface area contributed by atoms with Gasteiger partial charge in [0.05, 0.1) is 11.4 Å². The predicted molar refractivity (Wildman–Crippen MR) is 69.9 cm³/mol. The Morgan fingerprint density at radius 3 is 2.42 bits per heavy atom. The average Bonchev–Trinajstić information content (AvgIpc) is 2.36. The van der Waals surface area contributed by atoms with E-state index in [-0.39, 0.29) is 11.4 Å². The molecule has 19 heavy (non-hydrogen) atoms. The van der Waals surface area contributed by atoms with E-state index in [1.54, 1.807) is 17.9 Å². The second-order valence-electron chi connectivity index (χ2n) is 4.04. The zero-order chi connectivity index (χ0) is 14.0. The molecule has 0 aromatic heterocycles. The Labute approximate surface area is 109 Å². The number of nitrogen functional groups attached to an aromatic ring is 1. The highest BCUT2D eigenvalue weighted by Crippen LogP contribution is 2.32. The molecule has 5 heteroatoms. The molecular formula is C14H13F3N2. The molecule has 0 fully saturated rings. The SMILES string of the molecule is CCN(c1cccc(F)c1)c1cc(F)cc(F)c1N. The van der Waals surface area contributed by atoms with Crippen molar-refractivity contribution in [1.82, 2.24) is 0 Å². The summed E-state index contributed by atoms with van der Waals surface area (Å²) in [4.78, 5) is 1.55. The number of hydrogen-bond acceptors (Lipinski definition) is 2. The first-order chi connectivity index (χ1) is 9.02. The summed E-state index contributed by atoms with van der Waals surface area (Å²) in [5.41, 5.74) is 6.14. The third kappa shape index (κ3) is 2.65. The lowest BCUT2D eigenvalue weighted by Gasteiger charge is -2.25. The molecule has 0 aliphatic carbocycles. The maximum Gasteiger partial charge on any atom is 0.151 e. The van der Waals surface area contributed by atoms with Crippen LogP contribution in [0.2, 0.25) is 0 Å². The summed E-state index contributed by atoms with van der Waals surface area (Å²) < 4.78 is 40.0. The van der Waals surface area contributed by atoms with Gasteiger partial charge in [0.25, 0.3) is 0 Å². The van der Waals surface area contributed by atoms with Crippen LogP contribution in [0.3, 0.4) is 0 Å². The topological polar surface area (TPSA) is 29.3 Å². The summed E-state index contributed by atoms with van der Waals surface area (Å²) in [6, 6.07) is 7.61. The standard InChI is InChI=1S/C14H13F3N2/c1-2-19(11-5-3-4-9(15)6-11)13-8-10(16)7-12(17)14(13)18/h3-8H,2,18H2,1H3. The van der Waals surface area contributed by atoms with Gasteiger partial charge in [0.15, 0.2) is 5.82 Å². The number of rotatable bonds is 3. The van der Waals surface area contributed by atoms with Crippen LogP contribution in [0.4, 0.5) is 30.2 Å². The van der Waals surface area contributed by atoms with Gasteiger partial charge in [-0.15, -0.1) is 0 Å². The highest BCUT2D eigenvalue weighted by atomic mass is 19.1. The van der Waals surface area contributed by atoms with Gasteiger partial charge < -0.3 is 10.6 Å². The Hall–Kier alpha value is -2.17. The molecule has 2 aromatic carbocycles. The maximum atomic E-state index is 13.5. The van der Waals surface area contributed by atoms with E-state index < -0.39 is 17.5 Å². The van der Waals surface area contributed by atoms with Gasteiger partial charge in [0.2, 0.25) is 0 Å². The number of hydrogen-bond donors (Lipinski definition) is 1. The van der Waals surface area contributed by atoms with E-state index in [2.05, 4.69) is 0 Å². The molecule has 0 spiro atoms. The van der Waals surface area contributed by atoms with Crippen LogP contribution in [-0.2, 0) is 0 Å². The molecule has 0 radical (unpaired) electrons. The minimum atomic E-state index is -0.829. The fraction of sp³-hybridized carbons (Fsp3) is 0.143. The van der Waals surface area contributed by atoms with Crippen molar-refractivity contribution in [1.29, 1.82) is 0 Å². The highest BCUT2D eigenvalue weighted by Gasteiger charge is 2.15. The van der Waals surface area contributed by atoms with Crippen LogP contribution in [0, 0.1) is 17.5 Å². The molecular weight excluding hydrogens is 253 g/mol. The van der Waals surface area contributed by atoms with E-state index in [0.29, 0.717) is 12.2 Å². The van der Waals surface area contributed by atoms with Crippen molar-refractivity contribution in [3.8, 4) is 0 Å². The molecule has 2 N–H and O–H groups in total. The van der Waals surface area contributed by atoms with E-state index in [1.807, 2.05) is 0 Å². The zero-order valence-corrected chi connectivity index (χ0v) is 10.3. The molecule has 2 aromatic rings. The van der Waals surface area contributed by atoms with Crippen LogP contribution in [0.1, 0.15) is 6.92 Å². The molecule has 100 valence electrons. The van der Waals surface area contributed by atoms with Crippen molar-refractivity contribution in [3.05, 3.63) is 53.8 Å². The smallest absolute Gasteiger partial charge is 0.151 e. The second kappa shape index (κ2) is 5.22. The van der Waals surface area contributed by atoms with Gasteiger partial charge in [-0.1, -0.05) is 6.07 Å². The second-order valence-corrected chi connectivity index (χ2v) is 4.04. The summed E-state index contributed by atoms with van der Waals surface area (Å²) in [5.74, 6) is -1.98. The van der Waals surface area contributed by atoms with Gasteiger partial charge in [-0.05, 0) is 31.2 Å². The molecule has 0 amide bonds. The summed E-state index contributed by atoms with van der Waals surface area (Å²) >= 11 is 0. The van der Waals surface area contributed by atoms with E-state index in [4.69, 9.17) is 5.73 Å². The first-order valence-corrected chi connectivity index (χ1v) is 5.80. The largest absolute Gasteiger partial charge is 0.395 e. The lowest BCUT2D eigenvalue weighted by molar-refractivity contribution is 0.586. The maximum absolute atomic E-state index is 13.5. The average molecular weight is 266 g/mol. The van der Waals surface area contributed by atoms with Crippen molar-refractivity contribution in [2.24, 2.45) is 0 Å². The highest BCUT2D eigenvalue weighted by molar-refractivity contribution is 5.75. The van der Waals surface area contributed by atoms with E-state index in [0.717, 1.165) is 12.1 Å². The minimum Gasteiger partial charge on any atom is -0.395 e. The minimum absolute atomic E-state index is 0.160. The zero-order valence-electron chi connectivity index (χ0n) is 10.3. The van der Waals surface area contributed by atoms with Crippen LogP contribution in [-0.4, -0.2) is 6.54 Å². The van der Waals surface area contributed by atoms with Crippen molar-refractivity contribution in [2.75, 3.05) is 17.2 Å². The fourth-order valence-electron chi connectivity index (χ4n) is 1.93. The predicted octanol–water partition coefficient (Wildman–Crippen LogP) is 3.84. The molecule has 0 saturated heterocycles. The lowest BCUT2D eigenvalue weighted by Crippen LogP contribution is -2.18. The van der Waals surface area contributed by atoms with Crippen molar-refractivity contribution in [3.63, 3.8) is 0 Å². The molecule has 0 aliphatic heterocycles. The summed E-state index contributed by atoms with van der Waals surface area (Å²) in [6.07, 6.45) is 0. The van der Waals surface area contributed by atoms with E-state index >= 15 is 0 Å². The number of halogens is 3. The number of anilines is 3. The Bertz CT molecular complexity index is 599. The van der Waals surface area contributed by atoms with Crippen molar-refractivity contribution in [2.45, 2.75) is 6.92 Å². The Morgan fingerprint density at radius 1 is 1.05 bits per heavy atom. The van der Waals surface area contributed by atoms with Crippen molar-refractivity contribution < 1.29 is 13.2 Å². The lowest BCUT2D eigenvalue weighted by atomic mass is 10.2. The molecule has 2 nitrogen and oxygen atoms in total. The molecule has 0 heterocycles. The van der Waals surface area contributed by atoms with Gasteiger partial charge in [-0.3, -0.25) is 0 Å². The first kappa shape index (κ1) is 13.3. The Balaban J connectivity index is 2.54. The molecule has 0 bridgehead atoms. The van der Waals surface area contributed by atoms with Crippen LogP contribution in [0.25, 0.3) is 0 Å². The van der Waals surface area contributed by atoms with Gasteiger partial charge in [-0.25, -0.2) is 13.2 Å². The number of nitrogens with two attached hydrogens (primary N) is 1. The Kier molecular flexibility index (Phi) is 3.64. The van der Waals surface area contributed by atoms with Gasteiger partial charge >= 0.3 is 0 Å². The monoisotopic (exact) mass is 266 g/mol. The quantitative estimate of drug-likeness (QED) is 0.855. The van der Waals surface area contributed by atoms with Crippen LogP contribution in [0.5, 0.6) is 0 Å². The van der Waals surface area contributed by atoms with Crippen LogP contribution in [0.15, 0.2) is 36.4 Å². The molecule has 2 rings (SSSR count). The van der Waals surface area contributed by atoms with Crippen molar-refractivity contribution >= 4 is 17.1 Å². The molecule has 0 saturated carbocycles. The third-order valence-electron chi connectivity index (χ3n) is 2.80. The fourth-order valence-corrected chi connectivity index (χ4v) is 1.93. The van der Waals surface area contributed by atoms with Crippen LogP contribution >= 0.6 is 0 Å². The van der Waals surface area contributed by atoms with Gasteiger partial charge in [0, 0.05) is 18.3 Å². The normalized spacial score (nSPS) is 10.5. The van der Waals surface area contributed by atoms with Gasteiger partial charge in [-0.2, -0.15) is 0 Å². The molecule has 0 atom stereocenters. The van der Waals surface area contributed by atoms with E-state index in [1.165, 1.54) is 18.2 Å². The number of nitrogens with zero attached hydrogens (tertiary/aromatic N) is 1. The first-order valence-electron chi connectivity index (χ1n) is 5.80. The summed E-state index contributed by atoms with van der Waals surface area (Å²) in [5, 5.41) is 0. The molecule has 0 unspecified atom stereocenters. The van der Waals surface area contributed by atoms with Gasteiger partial charge in [0.1, 0.15) is 11.6 Å². The van der Waals surface area contributed by atoms with Crippen LogP contribution < -0.4 is 10.6 Å². The number of benzene rings is 2. The summed E-state index contributed by atoms with van der Waals surface area (Å²) in [7, 11) is 0.